The lowest BCUT2D eigenvalue weighted by Gasteiger charge is -2.09. The fourth-order valence-corrected chi connectivity index (χ4v) is 3.98. The molecule has 6 nitrogen and oxygen atoms in total. The Hall–Kier alpha value is -3.38. The minimum Gasteiger partial charge on any atom is -0.319 e. The molecule has 1 amide bonds. The fraction of sp³-hybridized carbons (Fsp3) is 0.269. The minimum atomic E-state index is -0.156. The van der Waals surface area contributed by atoms with Crippen LogP contribution < -0.4 is 5.32 Å². The highest BCUT2D eigenvalue weighted by Crippen LogP contribution is 2.22. The molecule has 4 rings (SSSR count). The Bertz CT molecular complexity index is 1300. The molecular weight excluding hydrogens is 434 g/mol. The van der Waals surface area contributed by atoms with Gasteiger partial charge in [0.1, 0.15) is 0 Å². The Kier molecular flexibility index (Phi) is 6.38. The van der Waals surface area contributed by atoms with Gasteiger partial charge in [-0.05, 0) is 57.9 Å². The first-order valence-corrected chi connectivity index (χ1v) is 11.3. The summed E-state index contributed by atoms with van der Waals surface area (Å²) in [6.07, 6.45) is 0. The third-order valence-corrected chi connectivity index (χ3v) is 6.46. The van der Waals surface area contributed by atoms with Gasteiger partial charge in [0.05, 0.1) is 46.6 Å². The van der Waals surface area contributed by atoms with Crippen molar-refractivity contribution in [3.05, 3.63) is 98.6 Å². The lowest BCUT2D eigenvalue weighted by atomic mass is 10.1. The molecule has 7 heteroatoms. The van der Waals surface area contributed by atoms with E-state index in [4.69, 9.17) is 11.6 Å². The van der Waals surface area contributed by atoms with Gasteiger partial charge in [0, 0.05) is 5.56 Å². The molecule has 2 aromatic carbocycles. The van der Waals surface area contributed by atoms with Crippen LogP contribution in [0.15, 0.2) is 48.5 Å². The largest absolute Gasteiger partial charge is 0.319 e. The number of aryl methyl sites for hydroxylation is 3. The van der Waals surface area contributed by atoms with Crippen molar-refractivity contribution in [1.82, 2.24) is 19.6 Å². The number of nitrogens with zero attached hydrogens (tertiary/aromatic N) is 4. The van der Waals surface area contributed by atoms with E-state index < -0.39 is 0 Å². The zero-order chi connectivity index (χ0) is 23.7. The molecule has 0 unspecified atom stereocenters. The van der Waals surface area contributed by atoms with Crippen molar-refractivity contribution < 1.29 is 4.79 Å². The first-order chi connectivity index (χ1) is 15.7. The number of carbonyl (C=O) groups is 1. The molecule has 0 aliphatic carbocycles. The Morgan fingerprint density at radius 1 is 0.788 bits per heavy atom. The maximum Gasteiger partial charge on any atom is 0.255 e. The quantitative estimate of drug-likeness (QED) is 0.405. The van der Waals surface area contributed by atoms with Crippen molar-refractivity contribution in [3.8, 4) is 0 Å². The molecule has 4 aromatic rings. The van der Waals surface area contributed by atoms with Crippen LogP contribution in [0.4, 0.5) is 5.69 Å². The number of nitrogens with one attached hydrogen (secondary N) is 1. The fourth-order valence-electron chi connectivity index (χ4n) is 3.85. The third-order valence-electron chi connectivity index (χ3n) is 5.91. The van der Waals surface area contributed by atoms with E-state index in [1.54, 1.807) is 0 Å². The average Bonchev–Trinajstić information content (AvgIpc) is 3.19. The van der Waals surface area contributed by atoms with Crippen molar-refractivity contribution in [1.29, 1.82) is 0 Å². The number of amides is 1. The van der Waals surface area contributed by atoms with Crippen molar-refractivity contribution in [2.45, 2.75) is 47.7 Å². The van der Waals surface area contributed by atoms with E-state index >= 15 is 0 Å². The van der Waals surface area contributed by atoms with Gasteiger partial charge in [-0.15, -0.1) is 0 Å². The lowest BCUT2D eigenvalue weighted by molar-refractivity contribution is 0.102. The minimum absolute atomic E-state index is 0.156. The van der Waals surface area contributed by atoms with Crippen LogP contribution in [0, 0.1) is 34.6 Å². The topological polar surface area (TPSA) is 64.7 Å². The zero-order valence-electron chi connectivity index (χ0n) is 19.6. The Morgan fingerprint density at radius 2 is 1.30 bits per heavy atom. The highest BCUT2D eigenvalue weighted by Gasteiger charge is 2.16. The van der Waals surface area contributed by atoms with Gasteiger partial charge in [0.25, 0.3) is 5.91 Å². The van der Waals surface area contributed by atoms with Crippen LogP contribution in [0.25, 0.3) is 0 Å². The highest BCUT2D eigenvalue weighted by atomic mass is 35.5. The number of hydrogen-bond acceptors (Lipinski definition) is 3. The molecule has 0 saturated heterocycles. The maximum atomic E-state index is 12.9. The smallest absolute Gasteiger partial charge is 0.255 e. The van der Waals surface area contributed by atoms with Crippen molar-refractivity contribution >= 4 is 23.2 Å². The molecule has 0 radical (unpaired) electrons. The number of anilines is 1. The van der Waals surface area contributed by atoms with Gasteiger partial charge in [-0.3, -0.25) is 14.2 Å². The molecule has 33 heavy (non-hydrogen) atoms. The summed E-state index contributed by atoms with van der Waals surface area (Å²) in [4.78, 5) is 12.9. The molecule has 1 N–H and O–H groups in total. The Balaban J connectivity index is 1.46. The predicted molar refractivity (Wildman–Crippen MR) is 132 cm³/mol. The van der Waals surface area contributed by atoms with E-state index in [9.17, 15) is 4.79 Å². The van der Waals surface area contributed by atoms with Gasteiger partial charge in [0.2, 0.25) is 0 Å². The summed E-state index contributed by atoms with van der Waals surface area (Å²) in [5.41, 5.74) is 8.28. The summed E-state index contributed by atoms with van der Waals surface area (Å²) in [5, 5.41) is 12.8. The summed E-state index contributed by atoms with van der Waals surface area (Å²) in [6.45, 7) is 11.1. The Morgan fingerprint density at radius 3 is 1.85 bits per heavy atom. The summed E-state index contributed by atoms with van der Waals surface area (Å²) < 4.78 is 3.81. The van der Waals surface area contributed by atoms with Crippen LogP contribution in [0.1, 0.15) is 49.8 Å². The first kappa shape index (κ1) is 22.8. The number of aromatic nitrogens is 4. The molecule has 0 atom stereocenters. The summed E-state index contributed by atoms with van der Waals surface area (Å²) in [5.74, 6) is -0.156. The van der Waals surface area contributed by atoms with Crippen molar-refractivity contribution in [2.24, 2.45) is 0 Å². The number of hydrogen-bond donors (Lipinski definition) is 1. The maximum absolute atomic E-state index is 12.9. The SMILES string of the molecule is Cc1ccc(Cn2nc(C)c(NC(=O)c3ccc(Cn4nc(C)c(Cl)c4C)cc3)c2C)cc1. The highest BCUT2D eigenvalue weighted by molar-refractivity contribution is 6.31. The number of rotatable bonds is 6. The van der Waals surface area contributed by atoms with E-state index in [-0.39, 0.29) is 5.91 Å². The second-order valence-corrected chi connectivity index (χ2v) is 8.86. The van der Waals surface area contributed by atoms with E-state index in [2.05, 4.69) is 46.7 Å². The van der Waals surface area contributed by atoms with Gasteiger partial charge in [-0.25, -0.2) is 0 Å². The molecule has 0 fully saturated rings. The molecule has 170 valence electrons. The second kappa shape index (κ2) is 9.24. The van der Waals surface area contributed by atoms with Gasteiger partial charge in [-0.2, -0.15) is 10.2 Å². The Labute approximate surface area is 199 Å². The van der Waals surface area contributed by atoms with Gasteiger partial charge >= 0.3 is 0 Å². The average molecular weight is 462 g/mol. The number of halogens is 1. The summed E-state index contributed by atoms with van der Waals surface area (Å²) in [7, 11) is 0. The molecule has 0 bridgehead atoms. The van der Waals surface area contributed by atoms with Gasteiger partial charge in [0.15, 0.2) is 0 Å². The molecule has 0 saturated carbocycles. The first-order valence-electron chi connectivity index (χ1n) is 10.9. The van der Waals surface area contributed by atoms with Gasteiger partial charge in [-0.1, -0.05) is 53.6 Å². The van der Waals surface area contributed by atoms with Crippen molar-refractivity contribution in [3.63, 3.8) is 0 Å². The number of benzene rings is 2. The van der Waals surface area contributed by atoms with Crippen LogP contribution in [0.5, 0.6) is 0 Å². The third kappa shape index (κ3) is 4.86. The molecule has 0 aliphatic heterocycles. The normalized spacial score (nSPS) is 11.1. The van der Waals surface area contributed by atoms with E-state index in [1.165, 1.54) is 11.1 Å². The van der Waals surface area contributed by atoms with Crippen LogP contribution >= 0.6 is 11.6 Å². The molecule has 0 aliphatic rings. The van der Waals surface area contributed by atoms with Crippen molar-refractivity contribution in [2.75, 3.05) is 5.32 Å². The van der Waals surface area contributed by atoms with Crippen LogP contribution in [0.3, 0.4) is 0 Å². The lowest BCUT2D eigenvalue weighted by Crippen LogP contribution is -2.13. The van der Waals surface area contributed by atoms with E-state index in [0.29, 0.717) is 23.7 Å². The molecule has 0 spiro atoms. The summed E-state index contributed by atoms with van der Waals surface area (Å²) >= 11 is 6.24. The molecular formula is C26H28ClN5O. The van der Waals surface area contributed by atoms with E-state index in [1.807, 2.05) is 61.3 Å². The predicted octanol–water partition coefficient (Wildman–Crippen LogP) is 5.62. The number of carbonyl (C=O) groups excluding carboxylic acids is 1. The monoisotopic (exact) mass is 461 g/mol. The standard InChI is InChI=1S/C26H28ClN5O/c1-16-6-8-21(9-7-16)15-32-20(5)25(18(3)30-32)28-26(33)23-12-10-22(11-13-23)14-31-19(4)24(27)17(2)29-31/h6-13H,14-15H2,1-5H3,(H,28,33). The zero-order valence-corrected chi connectivity index (χ0v) is 20.4. The van der Waals surface area contributed by atoms with Crippen LogP contribution in [-0.4, -0.2) is 25.5 Å². The van der Waals surface area contributed by atoms with E-state index in [0.717, 1.165) is 34.0 Å². The van der Waals surface area contributed by atoms with Gasteiger partial charge < -0.3 is 5.32 Å². The van der Waals surface area contributed by atoms with Crippen LogP contribution in [0.2, 0.25) is 5.02 Å². The molecule has 2 aromatic heterocycles. The molecule has 2 heterocycles. The second-order valence-electron chi connectivity index (χ2n) is 8.48. The summed E-state index contributed by atoms with van der Waals surface area (Å²) in [6, 6.07) is 15.9. The van der Waals surface area contributed by atoms with Crippen LogP contribution in [-0.2, 0) is 13.1 Å².